The van der Waals surface area contributed by atoms with E-state index in [0.717, 1.165) is 19.4 Å². The highest BCUT2D eigenvalue weighted by Crippen LogP contribution is 2.47. The lowest BCUT2D eigenvalue weighted by molar-refractivity contribution is -0.125. The van der Waals surface area contributed by atoms with Crippen LogP contribution in [-0.2, 0) is 10.2 Å². The average Bonchev–Trinajstić information content (AvgIpc) is 3.17. The molecule has 19 heavy (non-hydrogen) atoms. The van der Waals surface area contributed by atoms with Gasteiger partial charge in [-0.25, -0.2) is 0 Å². The van der Waals surface area contributed by atoms with Gasteiger partial charge in [-0.3, -0.25) is 4.79 Å². The van der Waals surface area contributed by atoms with E-state index < -0.39 is 0 Å². The molecule has 1 aromatic carbocycles. The third-order valence-corrected chi connectivity index (χ3v) is 4.04. The zero-order valence-corrected chi connectivity index (χ0v) is 12.4. The molecule has 3 nitrogen and oxygen atoms in total. The molecule has 0 spiro atoms. The van der Waals surface area contributed by atoms with Crippen molar-refractivity contribution in [3.63, 3.8) is 0 Å². The molecule has 1 aromatic rings. The summed E-state index contributed by atoms with van der Waals surface area (Å²) in [6, 6.07) is 10.3. The number of amides is 1. The number of carbonyl (C=O) groups excluding carboxylic acids is 1. The Kier molecular flexibility index (Phi) is 5.39. The third-order valence-electron chi connectivity index (χ3n) is 4.04. The molecule has 1 amide bonds. The number of rotatable bonds is 5. The van der Waals surface area contributed by atoms with Crippen molar-refractivity contribution in [1.29, 1.82) is 0 Å². The summed E-state index contributed by atoms with van der Waals surface area (Å²) in [7, 11) is 0. The SMILES string of the molecule is CC(N)C(C)C(=O)NCC1(c2ccccc2)CC1.Cl. The summed E-state index contributed by atoms with van der Waals surface area (Å²) in [5.41, 5.74) is 7.25. The summed E-state index contributed by atoms with van der Waals surface area (Å²) in [4.78, 5) is 11.9. The van der Waals surface area contributed by atoms with Crippen molar-refractivity contribution in [1.82, 2.24) is 5.32 Å². The molecule has 3 N–H and O–H groups in total. The molecule has 0 heterocycles. The minimum atomic E-state index is -0.128. The molecule has 2 unspecified atom stereocenters. The van der Waals surface area contributed by atoms with Crippen molar-refractivity contribution in [3.8, 4) is 0 Å². The molecule has 2 rings (SSSR count). The number of carbonyl (C=O) groups is 1. The van der Waals surface area contributed by atoms with Crippen molar-refractivity contribution in [3.05, 3.63) is 35.9 Å². The summed E-state index contributed by atoms with van der Waals surface area (Å²) in [6.07, 6.45) is 2.31. The van der Waals surface area contributed by atoms with Crippen molar-refractivity contribution < 1.29 is 4.79 Å². The number of benzene rings is 1. The number of hydrogen-bond donors (Lipinski definition) is 2. The predicted molar refractivity (Wildman–Crippen MR) is 80.4 cm³/mol. The summed E-state index contributed by atoms with van der Waals surface area (Å²) >= 11 is 0. The van der Waals surface area contributed by atoms with Gasteiger partial charge in [0.05, 0.1) is 0 Å². The summed E-state index contributed by atoms with van der Waals surface area (Å²) in [5.74, 6) is -0.0659. The van der Waals surface area contributed by atoms with Crippen molar-refractivity contribution >= 4 is 18.3 Å². The van der Waals surface area contributed by atoms with Gasteiger partial charge in [-0.05, 0) is 25.3 Å². The predicted octanol–water partition coefficient (Wildman–Crippen LogP) is 2.24. The van der Waals surface area contributed by atoms with Crippen LogP contribution in [-0.4, -0.2) is 18.5 Å². The average molecular weight is 283 g/mol. The summed E-state index contributed by atoms with van der Waals surface area (Å²) in [6.45, 7) is 4.48. The lowest BCUT2D eigenvalue weighted by atomic mass is 9.95. The van der Waals surface area contributed by atoms with E-state index in [0.29, 0.717) is 0 Å². The minimum Gasteiger partial charge on any atom is -0.355 e. The molecular weight excluding hydrogens is 260 g/mol. The fourth-order valence-corrected chi connectivity index (χ4v) is 2.17. The van der Waals surface area contributed by atoms with Gasteiger partial charge in [-0.15, -0.1) is 12.4 Å². The topological polar surface area (TPSA) is 55.1 Å². The van der Waals surface area contributed by atoms with Crippen LogP contribution >= 0.6 is 12.4 Å². The Bertz CT molecular complexity index is 415. The third kappa shape index (κ3) is 3.71. The van der Waals surface area contributed by atoms with Crippen LogP contribution in [0.4, 0.5) is 0 Å². The van der Waals surface area contributed by atoms with Crippen LogP contribution in [0.1, 0.15) is 32.3 Å². The van der Waals surface area contributed by atoms with E-state index in [9.17, 15) is 4.79 Å². The van der Waals surface area contributed by atoms with E-state index in [1.165, 1.54) is 5.56 Å². The summed E-state index contributed by atoms with van der Waals surface area (Å²) in [5, 5.41) is 3.05. The maximum Gasteiger partial charge on any atom is 0.224 e. The molecule has 1 aliphatic carbocycles. The van der Waals surface area contributed by atoms with Gasteiger partial charge < -0.3 is 11.1 Å². The van der Waals surface area contributed by atoms with E-state index in [4.69, 9.17) is 5.73 Å². The first-order valence-electron chi connectivity index (χ1n) is 6.64. The standard InChI is InChI=1S/C15H22N2O.ClH/c1-11(12(2)16)14(18)17-10-15(8-9-15)13-6-4-3-5-7-13;/h3-7,11-12H,8-10,16H2,1-2H3,(H,17,18);1H. The first-order chi connectivity index (χ1) is 8.55. The maximum atomic E-state index is 11.9. The number of halogens is 1. The highest BCUT2D eigenvalue weighted by molar-refractivity contribution is 5.85. The molecule has 0 aliphatic heterocycles. The van der Waals surface area contributed by atoms with Gasteiger partial charge in [-0.1, -0.05) is 37.3 Å². The van der Waals surface area contributed by atoms with Gasteiger partial charge in [0.1, 0.15) is 0 Å². The molecule has 1 saturated carbocycles. The second-order valence-electron chi connectivity index (χ2n) is 5.51. The van der Waals surface area contributed by atoms with E-state index in [-0.39, 0.29) is 35.7 Å². The van der Waals surface area contributed by atoms with Crippen LogP contribution in [0.5, 0.6) is 0 Å². The Labute approximate surface area is 121 Å². The molecule has 0 saturated heterocycles. The Morgan fingerprint density at radius 1 is 1.32 bits per heavy atom. The maximum absolute atomic E-state index is 11.9. The van der Waals surface area contributed by atoms with Gasteiger partial charge in [0, 0.05) is 23.9 Å². The van der Waals surface area contributed by atoms with Crippen LogP contribution in [0.3, 0.4) is 0 Å². The highest BCUT2D eigenvalue weighted by Gasteiger charge is 2.44. The quantitative estimate of drug-likeness (QED) is 0.870. The summed E-state index contributed by atoms with van der Waals surface area (Å²) < 4.78 is 0. The smallest absolute Gasteiger partial charge is 0.224 e. The first-order valence-corrected chi connectivity index (χ1v) is 6.64. The highest BCUT2D eigenvalue weighted by atomic mass is 35.5. The number of nitrogens with two attached hydrogens (primary N) is 1. The second kappa shape index (κ2) is 6.40. The second-order valence-corrected chi connectivity index (χ2v) is 5.51. The molecular formula is C15H23ClN2O. The molecule has 106 valence electrons. The Hall–Kier alpha value is -1.06. The molecule has 1 fully saturated rings. The lowest BCUT2D eigenvalue weighted by Gasteiger charge is -2.20. The zero-order chi connectivity index (χ0) is 13.2. The minimum absolute atomic E-state index is 0. The van der Waals surface area contributed by atoms with Crippen LogP contribution < -0.4 is 11.1 Å². The molecule has 0 radical (unpaired) electrons. The van der Waals surface area contributed by atoms with Gasteiger partial charge in [-0.2, -0.15) is 0 Å². The normalized spacial score (nSPS) is 18.9. The fraction of sp³-hybridized carbons (Fsp3) is 0.533. The van der Waals surface area contributed by atoms with E-state index in [2.05, 4.69) is 29.6 Å². The van der Waals surface area contributed by atoms with Gasteiger partial charge in [0.25, 0.3) is 0 Å². The van der Waals surface area contributed by atoms with E-state index in [1.807, 2.05) is 19.9 Å². The van der Waals surface area contributed by atoms with Gasteiger partial charge in [0.2, 0.25) is 5.91 Å². The lowest BCUT2D eigenvalue weighted by Crippen LogP contribution is -2.41. The van der Waals surface area contributed by atoms with Crippen LogP contribution in [0.25, 0.3) is 0 Å². The van der Waals surface area contributed by atoms with Crippen molar-refractivity contribution in [2.24, 2.45) is 11.7 Å². The molecule has 1 aliphatic rings. The molecule has 0 bridgehead atoms. The fourth-order valence-electron chi connectivity index (χ4n) is 2.17. The van der Waals surface area contributed by atoms with Gasteiger partial charge in [0.15, 0.2) is 0 Å². The monoisotopic (exact) mass is 282 g/mol. The largest absolute Gasteiger partial charge is 0.355 e. The first kappa shape index (κ1) is 16.0. The van der Waals surface area contributed by atoms with Crippen LogP contribution in [0, 0.1) is 5.92 Å². The van der Waals surface area contributed by atoms with Crippen molar-refractivity contribution in [2.45, 2.75) is 38.1 Å². The molecule has 0 aromatic heterocycles. The van der Waals surface area contributed by atoms with Gasteiger partial charge >= 0.3 is 0 Å². The molecule has 4 heteroatoms. The Morgan fingerprint density at radius 3 is 2.37 bits per heavy atom. The number of nitrogens with one attached hydrogen (secondary N) is 1. The Morgan fingerprint density at radius 2 is 1.89 bits per heavy atom. The number of hydrogen-bond acceptors (Lipinski definition) is 2. The molecule has 2 atom stereocenters. The van der Waals surface area contributed by atoms with E-state index in [1.54, 1.807) is 0 Å². The van der Waals surface area contributed by atoms with Crippen LogP contribution in [0.2, 0.25) is 0 Å². The Balaban J connectivity index is 0.00000180. The van der Waals surface area contributed by atoms with Crippen LogP contribution in [0.15, 0.2) is 30.3 Å². The van der Waals surface area contributed by atoms with E-state index >= 15 is 0 Å². The zero-order valence-electron chi connectivity index (χ0n) is 11.6. The van der Waals surface area contributed by atoms with Crippen molar-refractivity contribution in [2.75, 3.05) is 6.54 Å².